The van der Waals surface area contributed by atoms with E-state index in [0.717, 1.165) is 6.42 Å². The molecule has 136 valence electrons. The molecule has 0 spiro atoms. The molecule has 3 rings (SSSR count). The van der Waals surface area contributed by atoms with E-state index in [2.05, 4.69) is 0 Å². The molecule has 0 aromatic heterocycles. The predicted molar refractivity (Wildman–Crippen MR) is 99.0 cm³/mol. The third-order valence-corrected chi connectivity index (χ3v) is 4.68. The Kier molecular flexibility index (Phi) is 5.78. The first-order valence-corrected chi connectivity index (χ1v) is 8.82. The Morgan fingerprint density at radius 1 is 1.08 bits per heavy atom. The van der Waals surface area contributed by atoms with Crippen molar-refractivity contribution < 1.29 is 19.1 Å². The third kappa shape index (κ3) is 4.17. The van der Waals surface area contributed by atoms with E-state index in [1.807, 2.05) is 0 Å². The van der Waals surface area contributed by atoms with Crippen LogP contribution in [0.25, 0.3) is 0 Å². The molecule has 0 bridgehead atoms. The monoisotopic (exact) mass is 373 g/mol. The van der Waals surface area contributed by atoms with Crippen LogP contribution in [0, 0.1) is 0 Å². The molecule has 2 aromatic rings. The Morgan fingerprint density at radius 2 is 1.73 bits per heavy atom. The number of methoxy groups -OCH3 is 1. The van der Waals surface area contributed by atoms with Gasteiger partial charge in [-0.1, -0.05) is 11.6 Å². The van der Waals surface area contributed by atoms with E-state index in [4.69, 9.17) is 21.1 Å². The number of amides is 1. The van der Waals surface area contributed by atoms with E-state index in [0.29, 0.717) is 35.1 Å². The minimum absolute atomic E-state index is 0.0509. The normalized spacial score (nSPS) is 16.4. The molecule has 1 aliphatic rings. The van der Waals surface area contributed by atoms with Crippen molar-refractivity contribution in [3.63, 3.8) is 0 Å². The third-order valence-electron chi connectivity index (χ3n) is 4.43. The number of carbonyl (C=O) groups excluding carboxylic acids is 2. The maximum atomic E-state index is 12.8. The number of halogens is 1. The molecular weight excluding hydrogens is 354 g/mol. The Balaban J connectivity index is 1.63. The number of carbonyl (C=O) groups is 2. The van der Waals surface area contributed by atoms with Gasteiger partial charge in [-0.3, -0.25) is 9.59 Å². The van der Waals surface area contributed by atoms with E-state index in [9.17, 15) is 9.59 Å². The number of rotatable bonds is 6. The van der Waals surface area contributed by atoms with Gasteiger partial charge in [-0.25, -0.2) is 0 Å². The highest BCUT2D eigenvalue weighted by molar-refractivity contribution is 6.30. The van der Waals surface area contributed by atoms with Gasteiger partial charge in [-0.15, -0.1) is 0 Å². The lowest BCUT2D eigenvalue weighted by Gasteiger charge is -2.24. The number of ether oxygens (including phenoxy) is 2. The Hall–Kier alpha value is -2.53. The molecule has 0 N–H and O–H groups in total. The van der Waals surface area contributed by atoms with Crippen molar-refractivity contribution in [2.45, 2.75) is 18.9 Å². The highest BCUT2D eigenvalue weighted by Gasteiger charge is 2.34. The second-order valence-corrected chi connectivity index (χ2v) is 6.52. The molecule has 5 nitrogen and oxygen atoms in total. The van der Waals surface area contributed by atoms with Crippen LogP contribution in [0.2, 0.25) is 5.02 Å². The summed E-state index contributed by atoms with van der Waals surface area (Å²) in [6.45, 7) is 0.462. The van der Waals surface area contributed by atoms with Crippen molar-refractivity contribution in [3.8, 4) is 11.5 Å². The maximum absolute atomic E-state index is 12.8. The fourth-order valence-electron chi connectivity index (χ4n) is 3.04. The van der Waals surface area contributed by atoms with E-state index < -0.39 is 6.04 Å². The zero-order valence-electron chi connectivity index (χ0n) is 14.5. The molecule has 1 atom stereocenters. The van der Waals surface area contributed by atoms with E-state index in [-0.39, 0.29) is 18.3 Å². The standard InChI is InChI=1S/C20H20ClNO4/c1-25-16-8-4-14(5-9-16)20(24)18-3-2-12-22(18)19(23)13-26-17-10-6-15(21)7-11-17/h4-11,18H,2-3,12-13H2,1H3. The lowest BCUT2D eigenvalue weighted by molar-refractivity contribution is -0.133. The number of likely N-dealkylation sites (tertiary alicyclic amines) is 1. The second-order valence-electron chi connectivity index (χ2n) is 6.08. The van der Waals surface area contributed by atoms with Gasteiger partial charge in [0.25, 0.3) is 5.91 Å². The lowest BCUT2D eigenvalue weighted by atomic mass is 10.0. The summed E-state index contributed by atoms with van der Waals surface area (Å²) in [5.74, 6) is 1.02. The summed E-state index contributed by atoms with van der Waals surface area (Å²) in [5.41, 5.74) is 0.578. The predicted octanol–water partition coefficient (Wildman–Crippen LogP) is 3.60. The molecule has 26 heavy (non-hydrogen) atoms. The van der Waals surface area contributed by atoms with Crippen molar-refractivity contribution in [2.24, 2.45) is 0 Å². The molecule has 1 heterocycles. The Bertz CT molecular complexity index is 773. The fraction of sp³-hybridized carbons (Fsp3) is 0.300. The Morgan fingerprint density at radius 3 is 2.38 bits per heavy atom. The first kappa shape index (κ1) is 18.3. The topological polar surface area (TPSA) is 55.8 Å². The van der Waals surface area contributed by atoms with Crippen LogP contribution in [0.15, 0.2) is 48.5 Å². The highest BCUT2D eigenvalue weighted by Crippen LogP contribution is 2.23. The summed E-state index contributed by atoms with van der Waals surface area (Å²) >= 11 is 5.83. The van der Waals surface area contributed by atoms with Gasteiger partial charge in [0.15, 0.2) is 12.4 Å². The van der Waals surface area contributed by atoms with Crippen molar-refractivity contribution in [3.05, 3.63) is 59.1 Å². The van der Waals surface area contributed by atoms with Crippen LogP contribution in [0.5, 0.6) is 11.5 Å². The summed E-state index contributed by atoms with van der Waals surface area (Å²) in [7, 11) is 1.58. The summed E-state index contributed by atoms with van der Waals surface area (Å²) in [5, 5.41) is 0.605. The van der Waals surface area contributed by atoms with Crippen LogP contribution in [0.4, 0.5) is 0 Å². The minimum Gasteiger partial charge on any atom is -0.497 e. The summed E-state index contributed by atoms with van der Waals surface area (Å²) in [6, 6.07) is 13.3. The number of Topliss-reactive ketones (excluding diaryl/α,β-unsaturated/α-hetero) is 1. The lowest BCUT2D eigenvalue weighted by Crippen LogP contribution is -2.42. The molecule has 1 unspecified atom stereocenters. The van der Waals surface area contributed by atoms with Gasteiger partial charge >= 0.3 is 0 Å². The van der Waals surface area contributed by atoms with Crippen molar-refractivity contribution in [2.75, 3.05) is 20.3 Å². The smallest absolute Gasteiger partial charge is 0.261 e. The first-order valence-electron chi connectivity index (χ1n) is 8.44. The van der Waals surface area contributed by atoms with Gasteiger partial charge in [0.05, 0.1) is 13.2 Å². The number of ketones is 1. The molecule has 1 fully saturated rings. The average molecular weight is 374 g/mol. The molecular formula is C20H20ClNO4. The quantitative estimate of drug-likeness (QED) is 0.726. The zero-order chi connectivity index (χ0) is 18.5. The fourth-order valence-corrected chi connectivity index (χ4v) is 3.17. The summed E-state index contributed by atoms with van der Waals surface area (Å²) in [4.78, 5) is 26.9. The maximum Gasteiger partial charge on any atom is 0.261 e. The van der Waals surface area contributed by atoms with Gasteiger partial charge in [-0.2, -0.15) is 0 Å². The molecule has 0 aliphatic carbocycles. The van der Waals surface area contributed by atoms with Crippen LogP contribution in [0.3, 0.4) is 0 Å². The van der Waals surface area contributed by atoms with Gasteiger partial charge in [0, 0.05) is 17.1 Å². The molecule has 1 saturated heterocycles. The number of hydrogen-bond acceptors (Lipinski definition) is 4. The van der Waals surface area contributed by atoms with Gasteiger partial charge in [0.2, 0.25) is 0 Å². The Labute approximate surface area is 157 Å². The largest absolute Gasteiger partial charge is 0.497 e. The minimum atomic E-state index is -0.440. The summed E-state index contributed by atoms with van der Waals surface area (Å²) in [6.07, 6.45) is 1.47. The molecule has 1 aliphatic heterocycles. The van der Waals surface area contributed by atoms with E-state index in [1.165, 1.54) is 0 Å². The number of benzene rings is 2. The molecule has 1 amide bonds. The van der Waals surface area contributed by atoms with Crippen LogP contribution in [-0.2, 0) is 4.79 Å². The van der Waals surface area contributed by atoms with Crippen LogP contribution >= 0.6 is 11.6 Å². The van der Waals surface area contributed by atoms with Gasteiger partial charge in [-0.05, 0) is 61.4 Å². The molecule has 6 heteroatoms. The molecule has 2 aromatic carbocycles. The number of hydrogen-bond donors (Lipinski definition) is 0. The first-order chi connectivity index (χ1) is 12.6. The highest BCUT2D eigenvalue weighted by atomic mass is 35.5. The zero-order valence-corrected chi connectivity index (χ0v) is 15.2. The molecule has 0 radical (unpaired) electrons. The number of nitrogens with zero attached hydrogens (tertiary/aromatic N) is 1. The van der Waals surface area contributed by atoms with Crippen molar-refractivity contribution in [1.29, 1.82) is 0 Å². The van der Waals surface area contributed by atoms with Crippen molar-refractivity contribution >= 4 is 23.3 Å². The van der Waals surface area contributed by atoms with E-state index >= 15 is 0 Å². The van der Waals surface area contributed by atoms with E-state index in [1.54, 1.807) is 60.5 Å². The van der Waals surface area contributed by atoms with Crippen LogP contribution in [-0.4, -0.2) is 42.9 Å². The van der Waals surface area contributed by atoms with Crippen molar-refractivity contribution in [1.82, 2.24) is 4.90 Å². The second kappa shape index (κ2) is 8.23. The SMILES string of the molecule is COc1ccc(C(=O)C2CCCN2C(=O)COc2ccc(Cl)cc2)cc1. The van der Waals surface area contributed by atoms with Gasteiger partial charge < -0.3 is 14.4 Å². The van der Waals surface area contributed by atoms with Crippen LogP contribution < -0.4 is 9.47 Å². The average Bonchev–Trinajstić information content (AvgIpc) is 3.16. The summed E-state index contributed by atoms with van der Waals surface area (Å²) < 4.78 is 10.6. The van der Waals surface area contributed by atoms with Gasteiger partial charge in [0.1, 0.15) is 11.5 Å². The van der Waals surface area contributed by atoms with Crippen LogP contribution in [0.1, 0.15) is 23.2 Å². The molecule has 0 saturated carbocycles.